The fourth-order valence-electron chi connectivity index (χ4n) is 6.81. The van der Waals surface area contributed by atoms with E-state index in [1.54, 1.807) is 11.0 Å². The molecule has 1 saturated carbocycles. The zero-order chi connectivity index (χ0) is 27.5. The molecule has 1 spiro atoms. The van der Waals surface area contributed by atoms with Crippen molar-refractivity contribution in [1.82, 2.24) is 13.9 Å². The third kappa shape index (κ3) is 5.62. The molecule has 1 aromatic rings. The van der Waals surface area contributed by atoms with Gasteiger partial charge in [0.1, 0.15) is 12.4 Å². The van der Waals surface area contributed by atoms with E-state index in [0.717, 1.165) is 11.1 Å². The summed E-state index contributed by atoms with van der Waals surface area (Å²) in [6.07, 6.45) is -5.27. The quantitative estimate of drug-likeness (QED) is 0.528. The van der Waals surface area contributed by atoms with Gasteiger partial charge in [0.15, 0.2) is 0 Å². The summed E-state index contributed by atoms with van der Waals surface area (Å²) in [5.41, 5.74) is 1.49. The van der Waals surface area contributed by atoms with Gasteiger partial charge >= 0.3 is 12.4 Å². The summed E-state index contributed by atoms with van der Waals surface area (Å²) in [5, 5.41) is 0. The number of hydrogen-bond acceptors (Lipinski definition) is 3. The molecule has 2 heterocycles. The normalized spacial score (nSPS) is 31.1. The Hall–Kier alpha value is -1.70. The maximum absolute atomic E-state index is 14.8. The second-order valence-corrected chi connectivity index (χ2v) is 12.8. The number of benzene rings is 1. The molecule has 2 aliphatic heterocycles. The minimum absolute atomic E-state index is 0.0515. The lowest BCUT2D eigenvalue weighted by molar-refractivity contribution is -0.184. The Morgan fingerprint density at radius 1 is 1.00 bits per heavy atom. The molecule has 13 heteroatoms. The molecule has 0 unspecified atom stereocenters. The van der Waals surface area contributed by atoms with E-state index < -0.39 is 46.4 Å². The summed E-state index contributed by atoms with van der Waals surface area (Å²) in [5.74, 6) is -2.16. The zero-order valence-electron chi connectivity index (χ0n) is 20.6. The third-order valence-electron chi connectivity index (χ3n) is 8.68. The van der Waals surface area contributed by atoms with Crippen LogP contribution in [-0.4, -0.2) is 68.2 Å². The first-order valence-corrected chi connectivity index (χ1v) is 14.2. The molecule has 1 N–H and O–H groups in total. The minimum atomic E-state index is -4.65. The van der Waals surface area contributed by atoms with Gasteiger partial charge in [0.25, 0.3) is 10.2 Å². The van der Waals surface area contributed by atoms with E-state index in [0.29, 0.717) is 35.6 Å². The van der Waals surface area contributed by atoms with Gasteiger partial charge in [0.05, 0.1) is 18.0 Å². The SMILES string of the molecule is O=S1(=O)N[C@@]2(CN1CC(F)(F)F)[C@@H]1CC[C@H]2Cc2ccc(/C=C(\F)CN3CCC(C(F)(F)F)CC3)cc2C1. The summed E-state index contributed by atoms with van der Waals surface area (Å²) in [7, 11) is -4.27. The van der Waals surface area contributed by atoms with Crippen molar-refractivity contribution in [3.63, 3.8) is 0 Å². The predicted molar refractivity (Wildman–Crippen MR) is 127 cm³/mol. The van der Waals surface area contributed by atoms with Crippen molar-refractivity contribution in [2.75, 3.05) is 32.7 Å². The van der Waals surface area contributed by atoms with Crippen molar-refractivity contribution in [1.29, 1.82) is 0 Å². The van der Waals surface area contributed by atoms with Gasteiger partial charge in [0.2, 0.25) is 0 Å². The molecular weight excluding hydrogens is 539 g/mol. The van der Waals surface area contributed by atoms with Crippen LogP contribution in [0.25, 0.3) is 6.08 Å². The van der Waals surface area contributed by atoms with Crippen LogP contribution in [0.1, 0.15) is 42.4 Å². The van der Waals surface area contributed by atoms with Crippen LogP contribution in [0.2, 0.25) is 0 Å². The summed E-state index contributed by atoms with van der Waals surface area (Å²) >= 11 is 0. The molecule has 3 atom stereocenters. The van der Waals surface area contributed by atoms with Crippen LogP contribution >= 0.6 is 0 Å². The van der Waals surface area contributed by atoms with Crippen molar-refractivity contribution in [2.24, 2.45) is 17.8 Å². The Labute approximate surface area is 217 Å². The first-order valence-electron chi connectivity index (χ1n) is 12.8. The zero-order valence-corrected chi connectivity index (χ0v) is 21.4. The molecule has 5 rings (SSSR count). The van der Waals surface area contributed by atoms with Crippen LogP contribution in [0, 0.1) is 17.8 Å². The number of fused-ring (bicyclic) bond motifs is 1. The number of nitrogens with one attached hydrogen (secondary N) is 1. The van der Waals surface area contributed by atoms with Crippen LogP contribution in [0.4, 0.5) is 30.7 Å². The number of halogens is 7. The monoisotopic (exact) mass is 569 g/mol. The standard InChI is InChI=1S/C25H30F7N3O2S/c26-22(13-34-7-5-19(6-8-34)25(30,31)32)10-16-1-2-17-11-20-3-4-21(12-18(17)9-16)23(20)14-35(15-24(27,28)29)38(36,37)33-23/h1-2,9-10,19-21,33H,3-8,11-15H2/b22-10-/t20-,21+,23+/m0/s1. The van der Waals surface area contributed by atoms with E-state index >= 15 is 0 Å². The van der Waals surface area contributed by atoms with E-state index in [2.05, 4.69) is 4.72 Å². The highest BCUT2D eigenvalue weighted by Crippen LogP contribution is 2.50. The lowest BCUT2D eigenvalue weighted by Gasteiger charge is -2.33. The van der Waals surface area contributed by atoms with Crippen molar-refractivity contribution in [3.8, 4) is 0 Å². The van der Waals surface area contributed by atoms with Crippen molar-refractivity contribution >= 4 is 16.3 Å². The van der Waals surface area contributed by atoms with Gasteiger partial charge in [-0.05, 0) is 86.2 Å². The highest BCUT2D eigenvalue weighted by molar-refractivity contribution is 7.87. The number of likely N-dealkylation sites (tertiary alicyclic amines) is 1. The Balaban J connectivity index is 1.29. The molecule has 0 aromatic heterocycles. The van der Waals surface area contributed by atoms with Gasteiger partial charge in [-0.3, -0.25) is 4.90 Å². The molecule has 2 aliphatic carbocycles. The Morgan fingerprint density at radius 3 is 2.24 bits per heavy atom. The summed E-state index contributed by atoms with van der Waals surface area (Å²) in [6, 6.07) is 5.43. The van der Waals surface area contributed by atoms with E-state index in [-0.39, 0.29) is 50.9 Å². The first-order chi connectivity index (χ1) is 17.6. The number of hydrogen-bond donors (Lipinski definition) is 1. The number of alkyl halides is 6. The van der Waals surface area contributed by atoms with E-state index in [9.17, 15) is 39.2 Å². The van der Waals surface area contributed by atoms with Gasteiger partial charge < -0.3 is 0 Å². The highest BCUT2D eigenvalue weighted by atomic mass is 32.2. The van der Waals surface area contributed by atoms with E-state index in [1.807, 2.05) is 12.1 Å². The van der Waals surface area contributed by atoms with Gasteiger partial charge in [0, 0.05) is 6.54 Å². The molecule has 0 radical (unpaired) electrons. The van der Waals surface area contributed by atoms with Crippen LogP contribution in [0.3, 0.4) is 0 Å². The highest BCUT2D eigenvalue weighted by Gasteiger charge is 2.60. The van der Waals surface area contributed by atoms with Gasteiger partial charge in [-0.25, -0.2) is 4.39 Å². The molecule has 38 heavy (non-hydrogen) atoms. The lowest BCUT2D eigenvalue weighted by Crippen LogP contribution is -2.52. The third-order valence-corrected chi connectivity index (χ3v) is 10.3. The van der Waals surface area contributed by atoms with Crippen LogP contribution in [-0.2, 0) is 23.1 Å². The molecule has 3 fully saturated rings. The van der Waals surface area contributed by atoms with Crippen LogP contribution in [0.5, 0.6) is 0 Å². The molecule has 2 saturated heterocycles. The van der Waals surface area contributed by atoms with Gasteiger partial charge in [-0.1, -0.05) is 18.2 Å². The second-order valence-electron chi connectivity index (χ2n) is 11.1. The van der Waals surface area contributed by atoms with Crippen molar-refractivity contribution in [3.05, 3.63) is 40.7 Å². The average Bonchev–Trinajstić information content (AvgIpc) is 3.17. The summed E-state index contributed by atoms with van der Waals surface area (Å²) in [6.45, 7) is -1.50. The topological polar surface area (TPSA) is 52.7 Å². The fraction of sp³-hybridized carbons (Fsp3) is 0.680. The maximum atomic E-state index is 14.8. The largest absolute Gasteiger partial charge is 0.402 e. The molecule has 5 nitrogen and oxygen atoms in total. The van der Waals surface area contributed by atoms with E-state index in [4.69, 9.17) is 0 Å². The van der Waals surface area contributed by atoms with Crippen LogP contribution in [0.15, 0.2) is 24.0 Å². The lowest BCUT2D eigenvalue weighted by atomic mass is 9.79. The Kier molecular flexibility index (Phi) is 7.14. The smallest absolute Gasteiger partial charge is 0.297 e. The number of rotatable bonds is 4. The van der Waals surface area contributed by atoms with Crippen LogP contribution < -0.4 is 4.72 Å². The van der Waals surface area contributed by atoms with E-state index in [1.165, 1.54) is 6.08 Å². The van der Waals surface area contributed by atoms with Crippen molar-refractivity contribution < 1.29 is 39.2 Å². The molecule has 212 valence electrons. The summed E-state index contributed by atoms with van der Waals surface area (Å²) < 4.78 is 121. The molecule has 0 amide bonds. The first kappa shape index (κ1) is 27.9. The number of piperidine rings is 1. The maximum Gasteiger partial charge on any atom is 0.402 e. The Bertz CT molecular complexity index is 1190. The number of nitrogens with zero attached hydrogens (tertiary/aromatic N) is 2. The second kappa shape index (κ2) is 9.74. The molecular formula is C25H30F7N3O2S. The molecule has 1 aromatic carbocycles. The van der Waals surface area contributed by atoms with Gasteiger partial charge in [-0.2, -0.15) is 43.8 Å². The average molecular weight is 570 g/mol. The molecule has 4 aliphatic rings. The van der Waals surface area contributed by atoms with Gasteiger partial charge in [-0.15, -0.1) is 0 Å². The predicted octanol–water partition coefficient (Wildman–Crippen LogP) is 4.85. The fourth-order valence-corrected chi connectivity index (χ4v) is 8.52. The summed E-state index contributed by atoms with van der Waals surface area (Å²) in [4.78, 5) is 1.67. The molecule has 2 bridgehead atoms. The minimum Gasteiger partial charge on any atom is -0.297 e. The van der Waals surface area contributed by atoms with Crippen molar-refractivity contribution in [2.45, 2.75) is 56.4 Å². The Morgan fingerprint density at radius 2 is 1.63 bits per heavy atom.